The van der Waals surface area contributed by atoms with Gasteiger partial charge in [-0.2, -0.15) is 5.10 Å². The normalized spacial score (nSPS) is 13.5. The number of nitrogens with zero attached hydrogens (tertiary/aromatic N) is 4. The van der Waals surface area contributed by atoms with Gasteiger partial charge >= 0.3 is 0 Å². The molecule has 0 fully saturated rings. The van der Waals surface area contributed by atoms with Crippen LogP contribution in [0.15, 0.2) is 78.1 Å². The number of rotatable bonds is 7. The van der Waals surface area contributed by atoms with Crippen molar-refractivity contribution in [2.24, 2.45) is 0 Å². The second kappa shape index (κ2) is 8.95. The first-order valence-electron chi connectivity index (χ1n) is 9.51. The zero-order valence-electron chi connectivity index (χ0n) is 16.4. The molecule has 2 aromatic carbocycles. The molecule has 0 radical (unpaired) electrons. The van der Waals surface area contributed by atoms with Crippen molar-refractivity contribution in [2.45, 2.75) is 18.7 Å². The van der Waals surface area contributed by atoms with Gasteiger partial charge in [0, 0.05) is 28.5 Å². The molecule has 5 nitrogen and oxygen atoms in total. The molecule has 4 rings (SSSR count). The van der Waals surface area contributed by atoms with Crippen LogP contribution in [0.25, 0.3) is 12.2 Å². The van der Waals surface area contributed by atoms with Gasteiger partial charge in [0.1, 0.15) is 29.9 Å². The summed E-state index contributed by atoms with van der Waals surface area (Å²) in [5.74, 6) is -1.52. The Bertz CT molecular complexity index is 1190. The summed E-state index contributed by atoms with van der Waals surface area (Å²) in [5, 5.41) is 15.4. The Morgan fingerprint density at radius 3 is 2.48 bits per heavy atom. The van der Waals surface area contributed by atoms with Crippen LogP contribution in [0.1, 0.15) is 16.7 Å². The van der Waals surface area contributed by atoms with Gasteiger partial charge in [0.05, 0.1) is 13.1 Å². The van der Waals surface area contributed by atoms with Crippen molar-refractivity contribution in [3.8, 4) is 0 Å². The summed E-state index contributed by atoms with van der Waals surface area (Å²) in [4.78, 5) is 3.87. The lowest BCUT2D eigenvalue weighted by Gasteiger charge is -2.29. The molecule has 0 amide bonds. The van der Waals surface area contributed by atoms with Gasteiger partial charge in [0.15, 0.2) is 0 Å². The molecule has 0 saturated heterocycles. The van der Waals surface area contributed by atoms with Crippen molar-refractivity contribution in [2.75, 3.05) is 0 Å². The average Bonchev–Trinajstić information content (AvgIpc) is 3.39. The Balaban J connectivity index is 1.59. The SMILES string of the molecule is OC(Cn1ccc(/C=C/c2ccc(Br)cc2)c1)(Cn1cncn1)c1ccc(F)cc1F. The highest BCUT2D eigenvalue weighted by atomic mass is 79.9. The quantitative estimate of drug-likeness (QED) is 0.406. The summed E-state index contributed by atoms with van der Waals surface area (Å²) in [7, 11) is 0. The van der Waals surface area contributed by atoms with E-state index in [1.165, 1.54) is 23.4 Å². The number of aliphatic hydroxyl groups is 1. The summed E-state index contributed by atoms with van der Waals surface area (Å²) >= 11 is 3.41. The Kier molecular flexibility index (Phi) is 6.11. The van der Waals surface area contributed by atoms with Gasteiger partial charge in [-0.15, -0.1) is 0 Å². The lowest BCUT2D eigenvalue weighted by molar-refractivity contribution is -0.00534. The van der Waals surface area contributed by atoms with Crippen molar-refractivity contribution in [3.63, 3.8) is 0 Å². The minimum Gasteiger partial charge on any atom is -0.381 e. The first-order chi connectivity index (χ1) is 14.9. The number of hydrogen-bond donors (Lipinski definition) is 1. The summed E-state index contributed by atoms with van der Waals surface area (Å²) < 4.78 is 32.2. The molecule has 158 valence electrons. The van der Waals surface area contributed by atoms with Crippen molar-refractivity contribution in [3.05, 3.63) is 106 Å². The maximum atomic E-state index is 14.6. The fraction of sp³-hybridized carbons (Fsp3) is 0.130. The molecule has 8 heteroatoms. The first-order valence-corrected chi connectivity index (χ1v) is 10.3. The smallest absolute Gasteiger partial charge is 0.137 e. The molecule has 2 aromatic heterocycles. The third-order valence-corrected chi connectivity index (χ3v) is 5.41. The highest BCUT2D eigenvalue weighted by Gasteiger charge is 2.34. The lowest BCUT2D eigenvalue weighted by atomic mass is 9.92. The van der Waals surface area contributed by atoms with Crippen LogP contribution >= 0.6 is 15.9 Å². The Morgan fingerprint density at radius 1 is 1.00 bits per heavy atom. The van der Waals surface area contributed by atoms with E-state index in [1.807, 2.05) is 48.7 Å². The topological polar surface area (TPSA) is 55.9 Å². The Hall–Kier alpha value is -3.10. The highest BCUT2D eigenvalue weighted by molar-refractivity contribution is 9.10. The van der Waals surface area contributed by atoms with E-state index in [4.69, 9.17) is 0 Å². The maximum Gasteiger partial charge on any atom is 0.137 e. The second-order valence-corrected chi connectivity index (χ2v) is 8.17. The minimum absolute atomic E-state index is 0.00921. The van der Waals surface area contributed by atoms with E-state index in [9.17, 15) is 13.9 Å². The van der Waals surface area contributed by atoms with Crippen LogP contribution in [0.5, 0.6) is 0 Å². The molecule has 4 aromatic rings. The minimum atomic E-state index is -1.67. The zero-order chi connectivity index (χ0) is 21.8. The van der Waals surface area contributed by atoms with E-state index in [0.717, 1.165) is 27.7 Å². The van der Waals surface area contributed by atoms with Gasteiger partial charge in [-0.1, -0.05) is 46.3 Å². The van der Waals surface area contributed by atoms with E-state index in [0.29, 0.717) is 0 Å². The molecule has 0 spiro atoms. The van der Waals surface area contributed by atoms with Gasteiger partial charge in [0.25, 0.3) is 0 Å². The van der Waals surface area contributed by atoms with Gasteiger partial charge in [-0.05, 0) is 35.4 Å². The molecule has 0 aliphatic rings. The van der Waals surface area contributed by atoms with E-state index in [2.05, 4.69) is 26.0 Å². The van der Waals surface area contributed by atoms with Crippen LogP contribution < -0.4 is 0 Å². The standard InChI is InChI=1S/C23H19BrF2N4O/c24-19-5-3-17(4-6-19)1-2-18-9-10-29(12-18)13-23(31,14-30-16-27-15-28-30)21-8-7-20(25)11-22(21)26/h1-12,15-16,31H,13-14H2/b2-1+. The third-order valence-electron chi connectivity index (χ3n) is 4.88. The molecule has 31 heavy (non-hydrogen) atoms. The van der Waals surface area contributed by atoms with E-state index in [-0.39, 0.29) is 18.7 Å². The van der Waals surface area contributed by atoms with E-state index in [1.54, 1.807) is 10.8 Å². The van der Waals surface area contributed by atoms with Crippen molar-refractivity contribution >= 4 is 28.1 Å². The Labute approximate surface area is 186 Å². The van der Waals surface area contributed by atoms with Crippen LogP contribution in [-0.4, -0.2) is 24.4 Å². The van der Waals surface area contributed by atoms with Crippen molar-refractivity contribution in [1.82, 2.24) is 19.3 Å². The predicted molar refractivity (Wildman–Crippen MR) is 118 cm³/mol. The lowest BCUT2D eigenvalue weighted by Crippen LogP contribution is -2.37. The third kappa shape index (κ3) is 5.15. The Morgan fingerprint density at radius 2 is 1.77 bits per heavy atom. The first kappa shape index (κ1) is 21.1. The zero-order valence-corrected chi connectivity index (χ0v) is 18.0. The number of aromatic nitrogens is 4. The molecule has 1 atom stereocenters. The molecule has 1 N–H and O–H groups in total. The van der Waals surface area contributed by atoms with Gasteiger partial charge in [-0.3, -0.25) is 0 Å². The van der Waals surface area contributed by atoms with Gasteiger partial charge in [0.2, 0.25) is 0 Å². The fourth-order valence-corrected chi connectivity index (χ4v) is 3.66. The summed E-state index contributed by atoms with van der Waals surface area (Å²) in [6.45, 7) is -0.000661. The van der Waals surface area contributed by atoms with E-state index < -0.39 is 17.2 Å². The van der Waals surface area contributed by atoms with Crippen LogP contribution in [-0.2, 0) is 18.7 Å². The van der Waals surface area contributed by atoms with Crippen LogP contribution in [0.3, 0.4) is 0 Å². The predicted octanol–water partition coefficient (Wildman–Crippen LogP) is 4.88. The number of benzene rings is 2. The number of hydrogen-bond acceptors (Lipinski definition) is 3. The maximum absolute atomic E-state index is 14.6. The molecular formula is C23H19BrF2N4O. The van der Waals surface area contributed by atoms with Crippen LogP contribution in [0.4, 0.5) is 8.78 Å². The van der Waals surface area contributed by atoms with E-state index >= 15 is 0 Å². The molecular weight excluding hydrogens is 466 g/mol. The summed E-state index contributed by atoms with van der Waals surface area (Å²) in [6.07, 6.45) is 10.4. The fourth-order valence-electron chi connectivity index (χ4n) is 3.39. The molecule has 0 aliphatic heterocycles. The van der Waals surface area contributed by atoms with Gasteiger partial charge in [-0.25, -0.2) is 18.4 Å². The molecule has 2 heterocycles. The monoisotopic (exact) mass is 484 g/mol. The largest absolute Gasteiger partial charge is 0.381 e. The van der Waals surface area contributed by atoms with Crippen LogP contribution in [0.2, 0.25) is 0 Å². The molecule has 0 aliphatic carbocycles. The summed E-state index contributed by atoms with van der Waals surface area (Å²) in [5.41, 5.74) is 0.291. The van der Waals surface area contributed by atoms with Gasteiger partial charge < -0.3 is 9.67 Å². The molecule has 0 saturated carbocycles. The van der Waals surface area contributed by atoms with Crippen molar-refractivity contribution < 1.29 is 13.9 Å². The van der Waals surface area contributed by atoms with Crippen LogP contribution in [0, 0.1) is 11.6 Å². The van der Waals surface area contributed by atoms with Crippen molar-refractivity contribution in [1.29, 1.82) is 0 Å². The molecule has 0 bridgehead atoms. The summed E-state index contributed by atoms with van der Waals surface area (Å²) in [6, 6.07) is 13.0. The highest BCUT2D eigenvalue weighted by Crippen LogP contribution is 2.29. The number of halogens is 3. The second-order valence-electron chi connectivity index (χ2n) is 7.25. The average molecular weight is 485 g/mol. The molecule has 1 unspecified atom stereocenters.